The number of esters is 1. The number of rotatable bonds is 4. The van der Waals surface area contributed by atoms with E-state index in [4.69, 9.17) is 4.74 Å². The first kappa shape index (κ1) is 17.3. The van der Waals surface area contributed by atoms with E-state index in [0.29, 0.717) is 11.3 Å². The molecule has 130 valence electrons. The van der Waals surface area contributed by atoms with Crippen LogP contribution in [0.5, 0.6) is 5.75 Å². The molecule has 3 aromatic rings. The molecule has 0 aliphatic rings. The topological polar surface area (TPSA) is 55.4 Å². The fourth-order valence-electron chi connectivity index (χ4n) is 2.19. The summed E-state index contributed by atoms with van der Waals surface area (Å²) in [4.78, 5) is 24.2. The number of benzene rings is 3. The zero-order chi connectivity index (χ0) is 18.5. The Bertz CT molecular complexity index is 863. The molecule has 0 bridgehead atoms. The summed E-state index contributed by atoms with van der Waals surface area (Å²) in [6.45, 7) is 0. The molecular weight excluding hydrogens is 340 g/mol. The lowest BCUT2D eigenvalue weighted by Gasteiger charge is -2.08. The third-order valence-electron chi connectivity index (χ3n) is 3.49. The van der Waals surface area contributed by atoms with Gasteiger partial charge in [-0.2, -0.15) is 0 Å². The molecule has 0 atom stereocenters. The van der Waals surface area contributed by atoms with Crippen LogP contribution in [0.15, 0.2) is 72.8 Å². The number of hydrogen-bond acceptors (Lipinski definition) is 3. The maximum atomic E-state index is 12.9. The van der Waals surface area contributed by atoms with Crippen LogP contribution in [0.25, 0.3) is 0 Å². The maximum Gasteiger partial charge on any atom is 0.343 e. The number of ether oxygens (including phenoxy) is 1. The van der Waals surface area contributed by atoms with E-state index in [2.05, 4.69) is 5.32 Å². The highest BCUT2D eigenvalue weighted by atomic mass is 19.1. The predicted molar refractivity (Wildman–Crippen MR) is 92.2 cm³/mol. The Kier molecular flexibility index (Phi) is 5.03. The molecule has 0 radical (unpaired) electrons. The van der Waals surface area contributed by atoms with Crippen molar-refractivity contribution in [2.24, 2.45) is 0 Å². The molecule has 0 aromatic heterocycles. The summed E-state index contributed by atoms with van der Waals surface area (Å²) < 4.78 is 31.0. The van der Waals surface area contributed by atoms with Gasteiger partial charge in [-0.15, -0.1) is 0 Å². The van der Waals surface area contributed by atoms with Crippen molar-refractivity contribution in [2.45, 2.75) is 0 Å². The lowest BCUT2D eigenvalue weighted by Crippen LogP contribution is -2.12. The molecule has 0 spiro atoms. The van der Waals surface area contributed by atoms with E-state index in [1.165, 1.54) is 42.5 Å². The van der Waals surface area contributed by atoms with Gasteiger partial charge in [0.1, 0.15) is 17.4 Å². The third kappa shape index (κ3) is 4.30. The van der Waals surface area contributed by atoms with Crippen molar-refractivity contribution in [3.05, 3.63) is 95.6 Å². The molecule has 0 fully saturated rings. The van der Waals surface area contributed by atoms with Crippen molar-refractivity contribution in [1.29, 1.82) is 0 Å². The minimum Gasteiger partial charge on any atom is -0.423 e. The van der Waals surface area contributed by atoms with Gasteiger partial charge in [0.2, 0.25) is 0 Å². The number of halogens is 2. The van der Waals surface area contributed by atoms with Gasteiger partial charge < -0.3 is 10.1 Å². The quantitative estimate of drug-likeness (QED) is 0.557. The molecule has 26 heavy (non-hydrogen) atoms. The van der Waals surface area contributed by atoms with Crippen molar-refractivity contribution in [3.63, 3.8) is 0 Å². The smallest absolute Gasteiger partial charge is 0.343 e. The lowest BCUT2D eigenvalue weighted by atomic mass is 10.2. The lowest BCUT2D eigenvalue weighted by molar-refractivity contribution is 0.0734. The molecule has 1 amide bonds. The Hall–Kier alpha value is -3.54. The predicted octanol–water partition coefficient (Wildman–Crippen LogP) is 4.44. The molecule has 0 aliphatic heterocycles. The van der Waals surface area contributed by atoms with Gasteiger partial charge >= 0.3 is 5.97 Å². The number of carbonyl (C=O) groups excluding carboxylic acids is 2. The first-order chi connectivity index (χ1) is 12.5. The third-order valence-corrected chi connectivity index (χ3v) is 3.49. The normalized spacial score (nSPS) is 10.2. The molecule has 0 heterocycles. The molecule has 4 nitrogen and oxygen atoms in total. The fourth-order valence-corrected chi connectivity index (χ4v) is 2.19. The van der Waals surface area contributed by atoms with Crippen molar-refractivity contribution in [1.82, 2.24) is 0 Å². The molecular formula is C20H13F2NO3. The molecule has 0 aliphatic carbocycles. The van der Waals surface area contributed by atoms with Crippen molar-refractivity contribution in [3.8, 4) is 5.75 Å². The maximum absolute atomic E-state index is 12.9. The van der Waals surface area contributed by atoms with E-state index in [-0.39, 0.29) is 11.3 Å². The molecule has 0 unspecified atom stereocenters. The highest BCUT2D eigenvalue weighted by Crippen LogP contribution is 2.19. The standard InChI is InChI=1S/C20H13F2NO3/c21-15-8-4-13(5-9-15)19(24)23-17-2-1-3-18(12-17)26-20(25)14-6-10-16(22)11-7-14/h1-12H,(H,23,24). The largest absolute Gasteiger partial charge is 0.423 e. The minimum absolute atomic E-state index is 0.201. The fraction of sp³-hybridized carbons (Fsp3) is 0. The van der Waals surface area contributed by atoms with Crippen LogP contribution in [0.3, 0.4) is 0 Å². The Labute approximate surface area is 148 Å². The average molecular weight is 353 g/mol. The number of amides is 1. The summed E-state index contributed by atoms with van der Waals surface area (Å²) in [5.41, 5.74) is 0.899. The van der Waals surface area contributed by atoms with Gasteiger partial charge in [-0.25, -0.2) is 13.6 Å². The van der Waals surface area contributed by atoms with Gasteiger partial charge in [0.25, 0.3) is 5.91 Å². The second-order valence-corrected chi connectivity index (χ2v) is 5.39. The van der Waals surface area contributed by atoms with Crippen LogP contribution in [0.4, 0.5) is 14.5 Å². The number of anilines is 1. The first-order valence-electron chi connectivity index (χ1n) is 7.66. The van der Waals surface area contributed by atoms with E-state index in [1.54, 1.807) is 18.2 Å². The SMILES string of the molecule is O=C(Nc1cccc(OC(=O)c2ccc(F)cc2)c1)c1ccc(F)cc1. The Balaban J connectivity index is 1.69. The van der Waals surface area contributed by atoms with Gasteiger partial charge in [0.15, 0.2) is 0 Å². The van der Waals surface area contributed by atoms with Crippen molar-refractivity contribution < 1.29 is 23.1 Å². The molecule has 3 aromatic carbocycles. The summed E-state index contributed by atoms with van der Waals surface area (Å²) in [5, 5.41) is 2.64. The number of nitrogens with one attached hydrogen (secondary N) is 1. The van der Waals surface area contributed by atoms with Crippen LogP contribution in [0, 0.1) is 11.6 Å². The van der Waals surface area contributed by atoms with Crippen LogP contribution >= 0.6 is 0 Å². The van der Waals surface area contributed by atoms with Crippen LogP contribution in [0.1, 0.15) is 20.7 Å². The number of hydrogen-bond donors (Lipinski definition) is 1. The summed E-state index contributed by atoms with van der Waals surface area (Å²) in [6.07, 6.45) is 0. The van der Waals surface area contributed by atoms with Crippen molar-refractivity contribution >= 4 is 17.6 Å². The van der Waals surface area contributed by atoms with E-state index in [9.17, 15) is 18.4 Å². The van der Waals surface area contributed by atoms with Crippen LogP contribution in [0.2, 0.25) is 0 Å². The minimum atomic E-state index is -0.646. The van der Waals surface area contributed by atoms with Crippen molar-refractivity contribution in [2.75, 3.05) is 5.32 Å². The van der Waals surface area contributed by atoms with Gasteiger partial charge in [0, 0.05) is 17.3 Å². The summed E-state index contributed by atoms with van der Waals surface area (Å²) >= 11 is 0. The highest BCUT2D eigenvalue weighted by Gasteiger charge is 2.10. The first-order valence-corrected chi connectivity index (χ1v) is 7.66. The summed E-state index contributed by atoms with van der Waals surface area (Å²) in [5.74, 6) is -1.74. The zero-order valence-electron chi connectivity index (χ0n) is 13.4. The van der Waals surface area contributed by atoms with Gasteiger partial charge in [-0.1, -0.05) is 6.07 Å². The Morgan fingerprint density at radius 3 is 1.96 bits per heavy atom. The molecule has 0 saturated heterocycles. The monoisotopic (exact) mass is 353 g/mol. The number of carbonyl (C=O) groups is 2. The van der Waals surface area contributed by atoms with Gasteiger partial charge in [-0.05, 0) is 60.7 Å². The van der Waals surface area contributed by atoms with E-state index in [0.717, 1.165) is 12.1 Å². The average Bonchev–Trinajstić information content (AvgIpc) is 2.63. The Morgan fingerprint density at radius 1 is 0.769 bits per heavy atom. The second-order valence-electron chi connectivity index (χ2n) is 5.39. The van der Waals surface area contributed by atoms with Crippen LogP contribution in [-0.4, -0.2) is 11.9 Å². The van der Waals surface area contributed by atoms with E-state index >= 15 is 0 Å². The van der Waals surface area contributed by atoms with Gasteiger partial charge in [-0.3, -0.25) is 4.79 Å². The van der Waals surface area contributed by atoms with E-state index < -0.39 is 23.5 Å². The van der Waals surface area contributed by atoms with Crippen LogP contribution < -0.4 is 10.1 Å². The van der Waals surface area contributed by atoms with Gasteiger partial charge in [0.05, 0.1) is 5.56 Å². The molecule has 0 saturated carbocycles. The zero-order valence-corrected chi connectivity index (χ0v) is 13.4. The summed E-state index contributed by atoms with van der Waals surface area (Å²) in [6, 6.07) is 16.3. The van der Waals surface area contributed by atoms with Crippen LogP contribution in [-0.2, 0) is 0 Å². The Morgan fingerprint density at radius 2 is 1.35 bits per heavy atom. The molecule has 3 rings (SSSR count). The summed E-state index contributed by atoms with van der Waals surface area (Å²) in [7, 11) is 0. The molecule has 1 N–H and O–H groups in total. The highest BCUT2D eigenvalue weighted by molar-refractivity contribution is 6.04. The van der Waals surface area contributed by atoms with E-state index in [1.807, 2.05) is 0 Å². The second kappa shape index (κ2) is 7.57. The molecule has 6 heteroatoms.